The number of nitrogens with one attached hydrogen (secondary N) is 1. The molecular weight excluding hydrogens is 292 g/mol. The van der Waals surface area contributed by atoms with Crippen molar-refractivity contribution in [3.63, 3.8) is 0 Å². The highest BCUT2D eigenvalue weighted by Gasteiger charge is 2.16. The maximum atomic E-state index is 13.2. The molecule has 1 N–H and O–H groups in total. The number of alkyl halides is 1. The van der Waals surface area contributed by atoms with E-state index in [1.165, 1.54) is 6.07 Å². The first-order chi connectivity index (χ1) is 8.06. The molecule has 5 heteroatoms. The minimum Gasteiger partial charge on any atom is -0.352 e. The highest BCUT2D eigenvalue weighted by Crippen LogP contribution is 2.12. The summed E-state index contributed by atoms with van der Waals surface area (Å²) in [5, 5.41) is 2.50. The lowest BCUT2D eigenvalue weighted by atomic mass is 10.2. The summed E-state index contributed by atoms with van der Waals surface area (Å²) in [5.74, 6) is -2.39. The van der Waals surface area contributed by atoms with Gasteiger partial charge in [-0.2, -0.15) is 0 Å². The van der Waals surface area contributed by atoms with Gasteiger partial charge in [-0.05, 0) is 25.0 Å². The van der Waals surface area contributed by atoms with Crippen LogP contribution in [-0.4, -0.2) is 17.3 Å². The van der Waals surface area contributed by atoms with Crippen LogP contribution in [0.3, 0.4) is 0 Å². The molecule has 0 heterocycles. The first kappa shape index (κ1) is 14.1. The molecule has 1 amide bonds. The molecule has 0 radical (unpaired) electrons. The zero-order valence-electron chi connectivity index (χ0n) is 9.47. The van der Waals surface area contributed by atoms with Gasteiger partial charge in [-0.1, -0.05) is 28.9 Å². The third-order valence-corrected chi connectivity index (χ3v) is 3.48. The van der Waals surface area contributed by atoms with Crippen LogP contribution in [0.15, 0.2) is 18.2 Å². The minimum atomic E-state index is -0.839. The molecule has 0 saturated heterocycles. The van der Waals surface area contributed by atoms with Crippen molar-refractivity contribution in [2.24, 2.45) is 0 Å². The van der Waals surface area contributed by atoms with Crippen molar-refractivity contribution < 1.29 is 13.6 Å². The number of hydrogen-bond acceptors (Lipinski definition) is 1. The van der Waals surface area contributed by atoms with Gasteiger partial charge in [-0.15, -0.1) is 0 Å². The Morgan fingerprint density at radius 2 is 2.00 bits per heavy atom. The van der Waals surface area contributed by atoms with E-state index in [4.69, 9.17) is 0 Å². The van der Waals surface area contributed by atoms with Crippen molar-refractivity contribution >= 4 is 21.8 Å². The molecule has 2 nitrogen and oxygen atoms in total. The molecule has 0 bridgehead atoms. The van der Waals surface area contributed by atoms with Crippen LogP contribution in [0.4, 0.5) is 8.78 Å². The van der Waals surface area contributed by atoms with Gasteiger partial charge in [0.1, 0.15) is 17.2 Å². The van der Waals surface area contributed by atoms with Crippen molar-refractivity contribution in [1.29, 1.82) is 0 Å². The summed E-state index contributed by atoms with van der Waals surface area (Å²) in [6.07, 6.45) is 1.66. The van der Waals surface area contributed by atoms with Crippen LogP contribution in [-0.2, 0) is 0 Å². The van der Waals surface area contributed by atoms with Gasteiger partial charge >= 0.3 is 0 Å². The van der Waals surface area contributed by atoms with Gasteiger partial charge in [0, 0.05) is 11.4 Å². The highest BCUT2D eigenvalue weighted by molar-refractivity contribution is 9.09. The Morgan fingerprint density at radius 3 is 2.53 bits per heavy atom. The molecule has 94 valence electrons. The maximum absolute atomic E-state index is 13.2. The number of carbonyl (C=O) groups is 1. The Hall–Kier alpha value is -0.970. The number of hydrogen-bond donors (Lipinski definition) is 1. The molecule has 0 spiro atoms. The fraction of sp³-hybridized carbons (Fsp3) is 0.417. The Bertz CT molecular complexity index is 378. The molecular formula is C12H14BrF2NO. The van der Waals surface area contributed by atoms with Gasteiger partial charge in [0.05, 0.1) is 0 Å². The molecule has 0 aliphatic carbocycles. The van der Waals surface area contributed by atoms with E-state index in [2.05, 4.69) is 21.2 Å². The predicted molar refractivity (Wildman–Crippen MR) is 66.3 cm³/mol. The number of halogens is 3. The van der Waals surface area contributed by atoms with Crippen LogP contribution in [0.5, 0.6) is 0 Å². The van der Waals surface area contributed by atoms with Crippen LogP contribution >= 0.6 is 15.9 Å². The van der Waals surface area contributed by atoms with E-state index < -0.39 is 23.1 Å². The predicted octanol–water partition coefficient (Wildman–Crippen LogP) is 3.26. The van der Waals surface area contributed by atoms with Crippen molar-refractivity contribution in [1.82, 2.24) is 5.32 Å². The lowest BCUT2D eigenvalue weighted by molar-refractivity contribution is 0.0945. The van der Waals surface area contributed by atoms with E-state index in [0.29, 0.717) is 11.4 Å². The fourth-order valence-corrected chi connectivity index (χ4v) is 1.58. The quantitative estimate of drug-likeness (QED) is 0.831. The summed E-state index contributed by atoms with van der Waals surface area (Å²) in [5.41, 5.74) is -0.518. The molecule has 1 rings (SSSR count). The molecule has 1 aromatic rings. The van der Waals surface area contributed by atoms with E-state index in [0.717, 1.165) is 25.0 Å². The van der Waals surface area contributed by atoms with Crippen LogP contribution in [0, 0.1) is 11.6 Å². The topological polar surface area (TPSA) is 29.1 Å². The van der Waals surface area contributed by atoms with E-state index in [1.807, 2.05) is 6.92 Å². The highest BCUT2D eigenvalue weighted by atomic mass is 79.9. The lowest BCUT2D eigenvalue weighted by Gasteiger charge is -2.09. The molecule has 0 aliphatic heterocycles. The van der Waals surface area contributed by atoms with Gasteiger partial charge in [0.25, 0.3) is 5.91 Å². The summed E-state index contributed by atoms with van der Waals surface area (Å²) in [6.45, 7) is 2.40. The van der Waals surface area contributed by atoms with Gasteiger partial charge < -0.3 is 5.32 Å². The minimum absolute atomic E-state index is 0.299. The summed E-state index contributed by atoms with van der Waals surface area (Å²) in [6, 6.07) is 3.36. The Morgan fingerprint density at radius 1 is 1.41 bits per heavy atom. The summed E-state index contributed by atoms with van der Waals surface area (Å²) < 4.78 is 26.5. The van der Waals surface area contributed by atoms with E-state index in [9.17, 15) is 13.6 Å². The molecule has 1 atom stereocenters. The van der Waals surface area contributed by atoms with Gasteiger partial charge in [-0.3, -0.25) is 4.79 Å². The smallest absolute Gasteiger partial charge is 0.257 e. The van der Waals surface area contributed by atoms with Crippen molar-refractivity contribution in [3.8, 4) is 0 Å². The molecule has 17 heavy (non-hydrogen) atoms. The van der Waals surface area contributed by atoms with Gasteiger partial charge in [-0.25, -0.2) is 8.78 Å². The van der Waals surface area contributed by atoms with Crippen molar-refractivity contribution in [2.75, 3.05) is 6.54 Å². The Kier molecular flexibility index (Phi) is 5.55. The monoisotopic (exact) mass is 305 g/mol. The third-order valence-electron chi connectivity index (χ3n) is 2.38. The van der Waals surface area contributed by atoms with Crippen LogP contribution in [0.1, 0.15) is 30.1 Å². The Balaban J connectivity index is 2.59. The summed E-state index contributed by atoms with van der Waals surface area (Å²) >= 11 is 3.41. The average molecular weight is 306 g/mol. The summed E-state index contributed by atoms with van der Waals surface area (Å²) in [7, 11) is 0. The molecule has 0 saturated carbocycles. The van der Waals surface area contributed by atoms with E-state index in [-0.39, 0.29) is 0 Å². The SMILES string of the molecule is CCC(Br)CCNC(=O)c1c(F)cccc1F. The van der Waals surface area contributed by atoms with Crippen LogP contribution in [0.2, 0.25) is 0 Å². The Labute approximate surface area is 108 Å². The lowest BCUT2D eigenvalue weighted by Crippen LogP contribution is -2.27. The number of carbonyl (C=O) groups excluding carboxylic acids is 1. The first-order valence-electron chi connectivity index (χ1n) is 5.42. The number of benzene rings is 1. The van der Waals surface area contributed by atoms with Crippen molar-refractivity contribution in [2.45, 2.75) is 24.6 Å². The maximum Gasteiger partial charge on any atom is 0.257 e. The van der Waals surface area contributed by atoms with Gasteiger partial charge in [0.15, 0.2) is 0 Å². The third kappa shape index (κ3) is 4.07. The second kappa shape index (κ2) is 6.69. The fourth-order valence-electron chi connectivity index (χ4n) is 1.35. The second-order valence-electron chi connectivity index (χ2n) is 3.65. The average Bonchev–Trinajstić information content (AvgIpc) is 2.28. The van der Waals surface area contributed by atoms with Crippen molar-refractivity contribution in [3.05, 3.63) is 35.4 Å². The van der Waals surface area contributed by atoms with E-state index >= 15 is 0 Å². The second-order valence-corrected chi connectivity index (χ2v) is 4.94. The number of rotatable bonds is 5. The van der Waals surface area contributed by atoms with Crippen LogP contribution < -0.4 is 5.32 Å². The zero-order valence-corrected chi connectivity index (χ0v) is 11.1. The summed E-state index contributed by atoms with van der Waals surface area (Å²) in [4.78, 5) is 11.8. The number of amides is 1. The molecule has 1 unspecified atom stereocenters. The van der Waals surface area contributed by atoms with E-state index in [1.54, 1.807) is 0 Å². The molecule has 0 aliphatic rings. The normalized spacial score (nSPS) is 12.2. The first-order valence-corrected chi connectivity index (χ1v) is 6.34. The van der Waals surface area contributed by atoms with Crippen LogP contribution in [0.25, 0.3) is 0 Å². The van der Waals surface area contributed by atoms with Gasteiger partial charge in [0.2, 0.25) is 0 Å². The largest absolute Gasteiger partial charge is 0.352 e. The molecule has 1 aromatic carbocycles. The standard InChI is InChI=1S/C12H14BrF2NO/c1-2-8(13)6-7-16-12(17)11-9(14)4-3-5-10(11)15/h3-5,8H,2,6-7H2,1H3,(H,16,17). The molecule has 0 aromatic heterocycles. The zero-order chi connectivity index (χ0) is 12.8. The molecule has 0 fully saturated rings.